The van der Waals surface area contributed by atoms with Gasteiger partial charge < -0.3 is 0 Å². The van der Waals surface area contributed by atoms with Crippen molar-refractivity contribution in [2.45, 2.75) is 13.8 Å². The standard InChI is InChI=1S/C8H9N3/c1-6-3-4-8-9-7(2)10-11(8)5-6/h3-5H,1-2H3. The monoisotopic (exact) mass is 147 g/mol. The van der Waals surface area contributed by atoms with Gasteiger partial charge >= 0.3 is 0 Å². The number of pyridine rings is 1. The lowest BCUT2D eigenvalue weighted by atomic mass is 10.3. The Morgan fingerprint density at radius 2 is 2.09 bits per heavy atom. The van der Waals surface area contributed by atoms with Crippen LogP contribution in [0.25, 0.3) is 5.65 Å². The molecule has 3 nitrogen and oxygen atoms in total. The van der Waals surface area contributed by atoms with Gasteiger partial charge in [-0.25, -0.2) is 9.50 Å². The van der Waals surface area contributed by atoms with Gasteiger partial charge in [-0.15, -0.1) is 0 Å². The van der Waals surface area contributed by atoms with Crippen molar-refractivity contribution in [3.8, 4) is 0 Å². The summed E-state index contributed by atoms with van der Waals surface area (Å²) < 4.78 is 1.80. The molecule has 11 heavy (non-hydrogen) atoms. The highest BCUT2D eigenvalue weighted by Gasteiger charge is 1.96. The van der Waals surface area contributed by atoms with Crippen LogP contribution in [0, 0.1) is 13.8 Å². The highest BCUT2D eigenvalue weighted by Crippen LogP contribution is 2.02. The Hall–Kier alpha value is -1.38. The minimum atomic E-state index is 0.815. The Labute approximate surface area is 64.7 Å². The molecule has 0 aliphatic carbocycles. The Bertz CT molecular complexity index is 389. The van der Waals surface area contributed by atoms with Gasteiger partial charge in [0.25, 0.3) is 0 Å². The zero-order valence-electron chi connectivity index (χ0n) is 6.57. The number of aryl methyl sites for hydroxylation is 2. The highest BCUT2D eigenvalue weighted by atomic mass is 15.3. The summed E-state index contributed by atoms with van der Waals surface area (Å²) in [5, 5.41) is 4.18. The van der Waals surface area contributed by atoms with E-state index < -0.39 is 0 Å². The summed E-state index contributed by atoms with van der Waals surface area (Å²) in [4.78, 5) is 4.21. The van der Waals surface area contributed by atoms with Gasteiger partial charge in [-0.1, -0.05) is 6.07 Å². The minimum Gasteiger partial charge on any atom is -0.221 e. The molecule has 0 fully saturated rings. The van der Waals surface area contributed by atoms with E-state index >= 15 is 0 Å². The molecule has 0 amide bonds. The van der Waals surface area contributed by atoms with Gasteiger partial charge in [0.1, 0.15) is 5.82 Å². The van der Waals surface area contributed by atoms with Gasteiger partial charge in [0.15, 0.2) is 5.65 Å². The molecule has 0 aromatic carbocycles. The van der Waals surface area contributed by atoms with E-state index in [1.54, 1.807) is 4.52 Å². The van der Waals surface area contributed by atoms with Crippen molar-refractivity contribution in [1.29, 1.82) is 0 Å². The summed E-state index contributed by atoms with van der Waals surface area (Å²) in [6, 6.07) is 4.00. The van der Waals surface area contributed by atoms with Crippen LogP contribution in [0.15, 0.2) is 18.3 Å². The van der Waals surface area contributed by atoms with Crippen LogP contribution in [0.2, 0.25) is 0 Å². The Balaban J connectivity index is 2.82. The lowest BCUT2D eigenvalue weighted by Gasteiger charge is -1.91. The van der Waals surface area contributed by atoms with E-state index in [4.69, 9.17) is 0 Å². The number of aromatic nitrogens is 3. The maximum absolute atomic E-state index is 4.21. The van der Waals surface area contributed by atoms with Crippen molar-refractivity contribution in [3.63, 3.8) is 0 Å². The average molecular weight is 147 g/mol. The van der Waals surface area contributed by atoms with E-state index in [1.165, 1.54) is 5.56 Å². The van der Waals surface area contributed by atoms with Crippen molar-refractivity contribution in [2.24, 2.45) is 0 Å². The maximum atomic E-state index is 4.21. The van der Waals surface area contributed by atoms with Crippen LogP contribution >= 0.6 is 0 Å². The first-order valence-corrected chi connectivity index (χ1v) is 3.55. The molecule has 2 aromatic heterocycles. The van der Waals surface area contributed by atoms with Crippen LogP contribution in [0.4, 0.5) is 0 Å². The third kappa shape index (κ3) is 0.981. The number of rotatable bonds is 0. The van der Waals surface area contributed by atoms with Crippen LogP contribution in [0.3, 0.4) is 0 Å². The topological polar surface area (TPSA) is 30.2 Å². The molecule has 0 aliphatic rings. The SMILES string of the molecule is Cc1ccc2nc(C)nn2c1. The number of nitrogens with zero attached hydrogens (tertiary/aromatic N) is 3. The van der Waals surface area contributed by atoms with E-state index in [0.29, 0.717) is 0 Å². The summed E-state index contributed by atoms with van der Waals surface area (Å²) in [7, 11) is 0. The fraction of sp³-hybridized carbons (Fsp3) is 0.250. The lowest BCUT2D eigenvalue weighted by molar-refractivity contribution is 0.923. The van der Waals surface area contributed by atoms with Crippen molar-refractivity contribution in [3.05, 3.63) is 29.7 Å². The zero-order valence-corrected chi connectivity index (χ0v) is 6.57. The van der Waals surface area contributed by atoms with Crippen molar-refractivity contribution >= 4 is 5.65 Å². The number of hydrogen-bond acceptors (Lipinski definition) is 2. The molecule has 0 aliphatic heterocycles. The molecule has 2 rings (SSSR count). The first-order valence-electron chi connectivity index (χ1n) is 3.55. The predicted octanol–water partition coefficient (Wildman–Crippen LogP) is 1.35. The summed E-state index contributed by atoms with van der Waals surface area (Å²) in [5.41, 5.74) is 2.11. The third-order valence-electron chi connectivity index (χ3n) is 1.58. The van der Waals surface area contributed by atoms with E-state index in [2.05, 4.69) is 10.1 Å². The van der Waals surface area contributed by atoms with Crippen LogP contribution in [-0.2, 0) is 0 Å². The van der Waals surface area contributed by atoms with E-state index in [9.17, 15) is 0 Å². The van der Waals surface area contributed by atoms with Crippen molar-refractivity contribution < 1.29 is 0 Å². The molecule has 0 saturated heterocycles. The fourth-order valence-corrected chi connectivity index (χ4v) is 1.10. The smallest absolute Gasteiger partial charge is 0.155 e. The van der Waals surface area contributed by atoms with Gasteiger partial charge in [0.2, 0.25) is 0 Å². The first kappa shape index (κ1) is 6.34. The Morgan fingerprint density at radius 3 is 2.91 bits per heavy atom. The summed E-state index contributed by atoms with van der Waals surface area (Å²) >= 11 is 0. The first-order chi connectivity index (χ1) is 5.25. The molecule has 2 heterocycles. The maximum Gasteiger partial charge on any atom is 0.155 e. The van der Waals surface area contributed by atoms with Crippen LogP contribution < -0.4 is 0 Å². The van der Waals surface area contributed by atoms with Gasteiger partial charge in [0.05, 0.1) is 0 Å². The predicted molar refractivity (Wildman–Crippen MR) is 42.5 cm³/mol. The van der Waals surface area contributed by atoms with Gasteiger partial charge in [-0.3, -0.25) is 0 Å². The second-order valence-corrected chi connectivity index (χ2v) is 2.67. The van der Waals surface area contributed by atoms with Gasteiger partial charge in [-0.05, 0) is 25.5 Å². The van der Waals surface area contributed by atoms with Crippen LogP contribution in [0.1, 0.15) is 11.4 Å². The molecule has 0 unspecified atom stereocenters. The minimum absolute atomic E-state index is 0.815. The Morgan fingerprint density at radius 1 is 1.27 bits per heavy atom. The van der Waals surface area contributed by atoms with E-state index in [0.717, 1.165) is 11.5 Å². The largest absolute Gasteiger partial charge is 0.221 e. The normalized spacial score (nSPS) is 10.7. The van der Waals surface area contributed by atoms with Crippen LogP contribution in [-0.4, -0.2) is 14.6 Å². The molecule has 0 bridgehead atoms. The molecule has 56 valence electrons. The van der Waals surface area contributed by atoms with Crippen molar-refractivity contribution in [1.82, 2.24) is 14.6 Å². The molecule has 0 radical (unpaired) electrons. The lowest BCUT2D eigenvalue weighted by Crippen LogP contribution is -1.87. The quantitative estimate of drug-likeness (QED) is 0.563. The Kier molecular flexibility index (Phi) is 1.18. The molecule has 3 heteroatoms. The summed E-state index contributed by atoms with van der Waals surface area (Å²) in [6.07, 6.45) is 1.97. The van der Waals surface area contributed by atoms with E-state index in [1.807, 2.05) is 32.2 Å². The second-order valence-electron chi connectivity index (χ2n) is 2.67. The van der Waals surface area contributed by atoms with Gasteiger partial charge in [0, 0.05) is 6.20 Å². The molecule has 0 saturated carbocycles. The molecule has 0 atom stereocenters. The highest BCUT2D eigenvalue weighted by molar-refractivity contribution is 5.38. The van der Waals surface area contributed by atoms with Crippen molar-refractivity contribution in [2.75, 3.05) is 0 Å². The third-order valence-corrected chi connectivity index (χ3v) is 1.58. The fourth-order valence-electron chi connectivity index (χ4n) is 1.10. The summed E-state index contributed by atoms with van der Waals surface area (Å²) in [5.74, 6) is 0.815. The molecule has 2 aromatic rings. The molecular formula is C8H9N3. The average Bonchev–Trinajstić information content (AvgIpc) is 2.27. The molecular weight excluding hydrogens is 138 g/mol. The number of fused-ring (bicyclic) bond motifs is 1. The second kappa shape index (κ2) is 2.05. The zero-order chi connectivity index (χ0) is 7.84. The van der Waals surface area contributed by atoms with E-state index in [-0.39, 0.29) is 0 Å². The number of hydrogen-bond donors (Lipinski definition) is 0. The molecule has 0 spiro atoms. The molecule has 0 N–H and O–H groups in total. The van der Waals surface area contributed by atoms with Crippen LogP contribution in [0.5, 0.6) is 0 Å². The van der Waals surface area contributed by atoms with Gasteiger partial charge in [-0.2, -0.15) is 5.10 Å². The summed E-state index contributed by atoms with van der Waals surface area (Å²) in [6.45, 7) is 3.93.